The number of nitrogens with one attached hydrogen (secondary N) is 1. The minimum Gasteiger partial charge on any atom is -0.337 e. The Bertz CT molecular complexity index is 696. The Morgan fingerprint density at radius 1 is 1.04 bits per heavy atom. The molecule has 1 aromatic heterocycles. The highest BCUT2D eigenvalue weighted by Gasteiger charge is 2.22. The lowest BCUT2D eigenvalue weighted by Crippen LogP contribution is -2.52. The van der Waals surface area contributed by atoms with E-state index in [-0.39, 0.29) is 6.03 Å². The molecule has 2 aromatic rings. The monoisotopic (exact) mass is 354 g/mol. The molecule has 0 radical (unpaired) electrons. The quantitative estimate of drug-likeness (QED) is 0.883. The van der Waals surface area contributed by atoms with Crippen molar-refractivity contribution in [2.45, 2.75) is 13.1 Å². The van der Waals surface area contributed by atoms with Crippen molar-refractivity contribution < 1.29 is 4.79 Å². The van der Waals surface area contributed by atoms with Crippen LogP contribution in [0.5, 0.6) is 0 Å². The molecule has 1 saturated heterocycles. The molecule has 2 amide bonds. The fourth-order valence-electron chi connectivity index (χ4n) is 2.98. The summed E-state index contributed by atoms with van der Waals surface area (Å²) in [5.41, 5.74) is 2.38. The molecule has 1 aliphatic rings. The van der Waals surface area contributed by atoms with Gasteiger partial charge in [0.25, 0.3) is 0 Å². The van der Waals surface area contributed by atoms with Crippen molar-refractivity contribution in [3.8, 4) is 0 Å². The first-order valence-corrected chi connectivity index (χ1v) is 8.89. The third kappa shape index (κ3) is 4.92. The lowest BCUT2D eigenvalue weighted by Gasteiger charge is -2.34. The summed E-state index contributed by atoms with van der Waals surface area (Å²) in [5, 5.41) is 3.01. The summed E-state index contributed by atoms with van der Waals surface area (Å²) in [6, 6.07) is 10.2. The minimum atomic E-state index is -0.0176. The van der Waals surface area contributed by atoms with Gasteiger partial charge < -0.3 is 20.0 Å². The standard InChI is InChI=1S/C19H26N6O/c1-23(2)15-17-6-4-16(5-7-17)14-22-19(26)25-12-10-24(11-13-25)18-20-8-3-9-21-18/h3-9H,10-15H2,1-2H3,(H,22,26). The van der Waals surface area contributed by atoms with Gasteiger partial charge >= 0.3 is 6.03 Å². The largest absolute Gasteiger partial charge is 0.337 e. The van der Waals surface area contributed by atoms with E-state index in [0.29, 0.717) is 19.6 Å². The SMILES string of the molecule is CN(C)Cc1ccc(CNC(=O)N2CCN(c3ncccn3)CC2)cc1. The Morgan fingerprint density at radius 3 is 2.27 bits per heavy atom. The normalized spacial score (nSPS) is 14.6. The lowest BCUT2D eigenvalue weighted by atomic mass is 10.1. The molecule has 1 N–H and O–H groups in total. The summed E-state index contributed by atoms with van der Waals surface area (Å²) in [6.45, 7) is 4.30. The van der Waals surface area contributed by atoms with E-state index in [1.807, 2.05) is 4.90 Å². The van der Waals surface area contributed by atoms with Gasteiger partial charge in [0.15, 0.2) is 0 Å². The molecule has 1 fully saturated rings. The van der Waals surface area contributed by atoms with Crippen molar-refractivity contribution in [2.75, 3.05) is 45.2 Å². The minimum absolute atomic E-state index is 0.0176. The number of carbonyl (C=O) groups excluding carboxylic acids is 1. The van der Waals surface area contributed by atoms with Crippen LogP contribution in [-0.2, 0) is 13.1 Å². The first-order chi connectivity index (χ1) is 12.6. The van der Waals surface area contributed by atoms with Crippen LogP contribution in [0.4, 0.5) is 10.7 Å². The summed E-state index contributed by atoms with van der Waals surface area (Å²) in [5.74, 6) is 0.727. The van der Waals surface area contributed by atoms with Gasteiger partial charge in [-0.15, -0.1) is 0 Å². The Morgan fingerprint density at radius 2 is 1.65 bits per heavy atom. The van der Waals surface area contributed by atoms with Crippen LogP contribution < -0.4 is 10.2 Å². The number of benzene rings is 1. The maximum absolute atomic E-state index is 12.4. The highest BCUT2D eigenvalue weighted by Crippen LogP contribution is 2.10. The maximum Gasteiger partial charge on any atom is 0.317 e. The van der Waals surface area contributed by atoms with E-state index in [1.165, 1.54) is 5.56 Å². The number of hydrogen-bond acceptors (Lipinski definition) is 5. The molecular formula is C19H26N6O. The van der Waals surface area contributed by atoms with Gasteiger partial charge in [0.2, 0.25) is 5.95 Å². The molecule has 2 heterocycles. The molecular weight excluding hydrogens is 328 g/mol. The van der Waals surface area contributed by atoms with Gasteiger partial charge in [0.1, 0.15) is 0 Å². The molecule has 1 aliphatic heterocycles. The van der Waals surface area contributed by atoms with Crippen molar-refractivity contribution in [1.82, 2.24) is 25.1 Å². The van der Waals surface area contributed by atoms with Gasteiger partial charge in [-0.2, -0.15) is 0 Å². The number of urea groups is 1. The number of amides is 2. The molecule has 7 heteroatoms. The second-order valence-electron chi connectivity index (χ2n) is 6.74. The van der Waals surface area contributed by atoms with Crippen molar-refractivity contribution in [2.24, 2.45) is 0 Å². The van der Waals surface area contributed by atoms with Gasteiger partial charge in [-0.3, -0.25) is 0 Å². The first-order valence-electron chi connectivity index (χ1n) is 8.89. The van der Waals surface area contributed by atoms with E-state index in [1.54, 1.807) is 18.5 Å². The third-order valence-electron chi connectivity index (χ3n) is 4.37. The number of piperazine rings is 1. The molecule has 0 spiro atoms. The zero-order chi connectivity index (χ0) is 18.4. The molecule has 0 bridgehead atoms. The topological polar surface area (TPSA) is 64.6 Å². The number of carbonyl (C=O) groups is 1. The molecule has 138 valence electrons. The van der Waals surface area contributed by atoms with E-state index in [9.17, 15) is 4.79 Å². The van der Waals surface area contributed by atoms with Gasteiger partial charge in [0, 0.05) is 51.7 Å². The van der Waals surface area contributed by atoms with Gasteiger partial charge in [-0.1, -0.05) is 24.3 Å². The molecule has 0 atom stereocenters. The smallest absolute Gasteiger partial charge is 0.317 e. The van der Waals surface area contributed by atoms with Crippen molar-refractivity contribution in [3.05, 3.63) is 53.9 Å². The Hall–Kier alpha value is -2.67. The van der Waals surface area contributed by atoms with E-state index in [0.717, 1.165) is 31.1 Å². The van der Waals surface area contributed by atoms with E-state index < -0.39 is 0 Å². The lowest BCUT2D eigenvalue weighted by molar-refractivity contribution is 0.193. The predicted octanol–water partition coefficient (Wildman–Crippen LogP) is 1.57. The Kier molecular flexibility index (Phi) is 6.01. The fraction of sp³-hybridized carbons (Fsp3) is 0.421. The van der Waals surface area contributed by atoms with Crippen molar-refractivity contribution in [3.63, 3.8) is 0 Å². The van der Waals surface area contributed by atoms with Gasteiger partial charge in [-0.25, -0.2) is 14.8 Å². The second-order valence-corrected chi connectivity index (χ2v) is 6.74. The van der Waals surface area contributed by atoms with Crippen LogP contribution in [0.15, 0.2) is 42.7 Å². The third-order valence-corrected chi connectivity index (χ3v) is 4.37. The Labute approximate surface area is 154 Å². The highest BCUT2D eigenvalue weighted by atomic mass is 16.2. The van der Waals surface area contributed by atoms with Crippen LogP contribution >= 0.6 is 0 Å². The average Bonchev–Trinajstić information content (AvgIpc) is 2.67. The summed E-state index contributed by atoms with van der Waals surface area (Å²) < 4.78 is 0. The molecule has 0 unspecified atom stereocenters. The number of aromatic nitrogens is 2. The van der Waals surface area contributed by atoms with Crippen LogP contribution in [0, 0.1) is 0 Å². The molecule has 0 saturated carbocycles. The molecule has 3 rings (SSSR count). The van der Waals surface area contributed by atoms with Crippen molar-refractivity contribution >= 4 is 12.0 Å². The van der Waals surface area contributed by atoms with Crippen LogP contribution in [0.1, 0.15) is 11.1 Å². The zero-order valence-corrected chi connectivity index (χ0v) is 15.4. The van der Waals surface area contributed by atoms with Crippen LogP contribution in [0.3, 0.4) is 0 Å². The number of nitrogens with zero attached hydrogens (tertiary/aromatic N) is 5. The summed E-state index contributed by atoms with van der Waals surface area (Å²) in [7, 11) is 4.11. The zero-order valence-electron chi connectivity index (χ0n) is 15.4. The first kappa shape index (κ1) is 18.1. The molecule has 26 heavy (non-hydrogen) atoms. The number of hydrogen-bond donors (Lipinski definition) is 1. The predicted molar refractivity (Wildman–Crippen MR) is 102 cm³/mol. The van der Waals surface area contributed by atoms with E-state index in [2.05, 4.69) is 63.4 Å². The summed E-state index contributed by atoms with van der Waals surface area (Å²) >= 11 is 0. The van der Waals surface area contributed by atoms with Crippen LogP contribution in [0.2, 0.25) is 0 Å². The van der Waals surface area contributed by atoms with Gasteiger partial charge in [0.05, 0.1) is 0 Å². The van der Waals surface area contributed by atoms with Crippen LogP contribution in [0.25, 0.3) is 0 Å². The summed E-state index contributed by atoms with van der Waals surface area (Å²) in [4.78, 5) is 27.0. The highest BCUT2D eigenvalue weighted by molar-refractivity contribution is 5.74. The molecule has 0 aliphatic carbocycles. The number of rotatable bonds is 5. The molecule has 7 nitrogen and oxygen atoms in total. The fourth-order valence-corrected chi connectivity index (χ4v) is 2.98. The molecule has 1 aromatic carbocycles. The van der Waals surface area contributed by atoms with Gasteiger partial charge in [-0.05, 0) is 31.3 Å². The summed E-state index contributed by atoms with van der Waals surface area (Å²) in [6.07, 6.45) is 3.48. The Balaban J connectivity index is 1.44. The second kappa shape index (κ2) is 8.62. The van der Waals surface area contributed by atoms with Crippen molar-refractivity contribution in [1.29, 1.82) is 0 Å². The van der Waals surface area contributed by atoms with E-state index in [4.69, 9.17) is 0 Å². The maximum atomic E-state index is 12.4. The average molecular weight is 354 g/mol. The van der Waals surface area contributed by atoms with E-state index >= 15 is 0 Å². The number of anilines is 1. The van der Waals surface area contributed by atoms with Crippen LogP contribution in [-0.4, -0.2) is 66.1 Å².